The Balaban J connectivity index is 2.83. The van der Waals surface area contributed by atoms with Gasteiger partial charge >= 0.3 is 0 Å². The number of nitrogen functional groups attached to an aromatic ring is 1. The van der Waals surface area contributed by atoms with Gasteiger partial charge in [-0.05, 0) is 20.8 Å². The van der Waals surface area contributed by atoms with Crippen LogP contribution in [0.4, 0.5) is 11.6 Å². The Kier molecular flexibility index (Phi) is 6.83. The molecule has 1 unspecified atom stereocenters. The first-order valence-corrected chi connectivity index (χ1v) is 6.95. The third kappa shape index (κ3) is 5.16. The lowest BCUT2D eigenvalue weighted by molar-refractivity contribution is -0.130. The first kappa shape index (κ1) is 17.1. The monoisotopic (exact) mass is 296 g/mol. The van der Waals surface area contributed by atoms with Crippen molar-refractivity contribution in [1.29, 1.82) is 0 Å². The first-order chi connectivity index (χ1) is 10.0. The van der Waals surface area contributed by atoms with Gasteiger partial charge in [-0.25, -0.2) is 15.8 Å². The minimum atomic E-state index is -0.393. The molecule has 0 fully saturated rings. The molecule has 0 spiro atoms. The van der Waals surface area contributed by atoms with Crippen molar-refractivity contribution in [1.82, 2.24) is 14.9 Å². The quantitative estimate of drug-likeness (QED) is 0.476. The molecule has 1 atom stereocenters. The molecule has 0 saturated heterocycles. The van der Waals surface area contributed by atoms with Crippen LogP contribution in [-0.2, 0) is 16.1 Å². The minimum Gasteiger partial charge on any atom is -0.374 e. The van der Waals surface area contributed by atoms with Crippen LogP contribution < -0.4 is 16.6 Å². The number of nitrogens with two attached hydrogens (primary N) is 1. The van der Waals surface area contributed by atoms with Crippen molar-refractivity contribution in [3.05, 3.63) is 11.9 Å². The van der Waals surface area contributed by atoms with Crippen molar-refractivity contribution in [3.63, 3.8) is 0 Å². The summed E-state index contributed by atoms with van der Waals surface area (Å²) < 4.78 is 5.29. The van der Waals surface area contributed by atoms with E-state index in [0.29, 0.717) is 30.6 Å². The molecule has 4 N–H and O–H groups in total. The van der Waals surface area contributed by atoms with Crippen LogP contribution in [0.25, 0.3) is 0 Å². The summed E-state index contributed by atoms with van der Waals surface area (Å²) in [6.07, 6.45) is 0. The molecule has 1 aromatic rings. The van der Waals surface area contributed by atoms with Crippen LogP contribution in [0.1, 0.15) is 26.6 Å². The number of anilines is 2. The number of rotatable bonds is 8. The van der Waals surface area contributed by atoms with Gasteiger partial charge in [0.2, 0.25) is 5.91 Å². The maximum Gasteiger partial charge on any atom is 0.244 e. The van der Waals surface area contributed by atoms with Crippen molar-refractivity contribution in [2.45, 2.75) is 33.4 Å². The lowest BCUT2D eigenvalue weighted by atomic mass is 10.3. The van der Waals surface area contributed by atoms with Gasteiger partial charge in [0, 0.05) is 26.3 Å². The van der Waals surface area contributed by atoms with Crippen LogP contribution in [-0.4, -0.2) is 47.0 Å². The molecule has 0 aliphatic rings. The standard InChI is InChI=1S/C13H24N6O2/c1-5-19(4)13(20)9(3)15-10-7-11(18-14)17-12(16-10)8-21-6-2/h7,9H,5-6,8,14H2,1-4H3,(H2,15,16,17,18). The molecule has 8 nitrogen and oxygen atoms in total. The number of hydrazine groups is 1. The molecule has 1 aromatic heterocycles. The average molecular weight is 296 g/mol. The summed E-state index contributed by atoms with van der Waals surface area (Å²) in [7, 11) is 1.76. The molecule has 0 radical (unpaired) electrons. The van der Waals surface area contributed by atoms with E-state index in [4.69, 9.17) is 10.6 Å². The number of carbonyl (C=O) groups excluding carboxylic acids is 1. The molecule has 0 bridgehead atoms. The highest BCUT2D eigenvalue weighted by atomic mass is 16.5. The average Bonchev–Trinajstić information content (AvgIpc) is 2.50. The number of likely N-dealkylation sites (N-methyl/N-ethyl adjacent to an activating group) is 1. The predicted molar refractivity (Wildman–Crippen MR) is 81.6 cm³/mol. The number of ether oxygens (including phenoxy) is 1. The van der Waals surface area contributed by atoms with Gasteiger partial charge in [-0.15, -0.1) is 0 Å². The molecular formula is C13H24N6O2. The Morgan fingerprint density at radius 3 is 2.67 bits per heavy atom. The number of nitrogens with zero attached hydrogens (tertiary/aromatic N) is 3. The van der Waals surface area contributed by atoms with Crippen molar-refractivity contribution in [2.75, 3.05) is 30.9 Å². The second kappa shape index (κ2) is 8.38. The number of aromatic nitrogens is 2. The van der Waals surface area contributed by atoms with Gasteiger partial charge in [0.05, 0.1) is 0 Å². The molecular weight excluding hydrogens is 272 g/mol. The van der Waals surface area contributed by atoms with Crippen LogP contribution in [0.3, 0.4) is 0 Å². The van der Waals surface area contributed by atoms with Crippen LogP contribution >= 0.6 is 0 Å². The van der Waals surface area contributed by atoms with Gasteiger partial charge in [-0.1, -0.05) is 0 Å². The molecule has 1 rings (SSSR count). The van der Waals surface area contributed by atoms with Crippen LogP contribution in [0.5, 0.6) is 0 Å². The Morgan fingerprint density at radius 1 is 1.43 bits per heavy atom. The van der Waals surface area contributed by atoms with Gasteiger partial charge in [0.25, 0.3) is 0 Å². The molecule has 0 saturated carbocycles. The van der Waals surface area contributed by atoms with Crippen molar-refractivity contribution in [2.24, 2.45) is 5.84 Å². The fourth-order valence-electron chi connectivity index (χ4n) is 1.67. The maximum atomic E-state index is 12.0. The fourth-order valence-corrected chi connectivity index (χ4v) is 1.67. The third-order valence-electron chi connectivity index (χ3n) is 2.94. The Hall–Kier alpha value is -1.93. The number of hydrogen-bond acceptors (Lipinski definition) is 7. The summed E-state index contributed by atoms with van der Waals surface area (Å²) in [5.41, 5.74) is 2.48. The lowest BCUT2D eigenvalue weighted by Crippen LogP contribution is -2.39. The zero-order chi connectivity index (χ0) is 15.8. The summed E-state index contributed by atoms with van der Waals surface area (Å²) in [6.45, 7) is 7.12. The molecule has 8 heteroatoms. The van der Waals surface area contributed by atoms with E-state index >= 15 is 0 Å². The van der Waals surface area contributed by atoms with E-state index in [1.165, 1.54) is 0 Å². The predicted octanol–water partition coefficient (Wildman–Crippen LogP) is 0.577. The molecule has 0 aliphatic carbocycles. The summed E-state index contributed by atoms with van der Waals surface area (Å²) >= 11 is 0. The number of carbonyl (C=O) groups is 1. The molecule has 118 valence electrons. The maximum absolute atomic E-state index is 12.0. The van der Waals surface area contributed by atoms with Crippen LogP contribution in [0.15, 0.2) is 6.07 Å². The lowest BCUT2D eigenvalue weighted by Gasteiger charge is -2.21. The summed E-state index contributed by atoms with van der Waals surface area (Å²) in [5.74, 6) is 6.87. The Morgan fingerprint density at radius 2 is 2.10 bits per heavy atom. The zero-order valence-electron chi connectivity index (χ0n) is 13.0. The molecule has 0 aliphatic heterocycles. The van der Waals surface area contributed by atoms with Crippen molar-refractivity contribution in [3.8, 4) is 0 Å². The largest absolute Gasteiger partial charge is 0.374 e. The summed E-state index contributed by atoms with van der Waals surface area (Å²) in [4.78, 5) is 22.2. The first-order valence-electron chi connectivity index (χ1n) is 6.95. The highest BCUT2D eigenvalue weighted by Crippen LogP contribution is 2.12. The zero-order valence-corrected chi connectivity index (χ0v) is 13.0. The van der Waals surface area contributed by atoms with Crippen molar-refractivity contribution >= 4 is 17.5 Å². The number of amides is 1. The van der Waals surface area contributed by atoms with E-state index < -0.39 is 6.04 Å². The Bertz CT molecular complexity index is 468. The highest BCUT2D eigenvalue weighted by Gasteiger charge is 2.17. The highest BCUT2D eigenvalue weighted by molar-refractivity contribution is 5.83. The van der Waals surface area contributed by atoms with Gasteiger partial charge in [0.15, 0.2) is 5.82 Å². The van der Waals surface area contributed by atoms with Crippen molar-refractivity contribution < 1.29 is 9.53 Å². The topological polar surface area (TPSA) is 105 Å². The van der Waals surface area contributed by atoms with E-state index in [9.17, 15) is 4.79 Å². The van der Waals surface area contributed by atoms with E-state index in [2.05, 4.69) is 20.7 Å². The molecule has 1 heterocycles. The fraction of sp³-hybridized carbons (Fsp3) is 0.615. The second-order valence-corrected chi connectivity index (χ2v) is 4.55. The van der Waals surface area contributed by atoms with E-state index in [-0.39, 0.29) is 12.5 Å². The van der Waals surface area contributed by atoms with E-state index in [0.717, 1.165) is 0 Å². The SMILES string of the molecule is CCOCc1nc(NN)cc(NC(C)C(=O)N(C)CC)n1. The van der Waals surface area contributed by atoms with Crippen LogP contribution in [0, 0.1) is 0 Å². The van der Waals surface area contributed by atoms with Gasteiger partial charge in [-0.2, -0.15) is 0 Å². The van der Waals surface area contributed by atoms with E-state index in [1.807, 2.05) is 13.8 Å². The molecule has 0 aromatic carbocycles. The normalized spacial score (nSPS) is 11.9. The number of nitrogens with one attached hydrogen (secondary N) is 2. The minimum absolute atomic E-state index is 0.00951. The molecule has 21 heavy (non-hydrogen) atoms. The van der Waals surface area contributed by atoms with E-state index in [1.54, 1.807) is 24.9 Å². The van der Waals surface area contributed by atoms with Gasteiger partial charge in [-0.3, -0.25) is 4.79 Å². The smallest absolute Gasteiger partial charge is 0.244 e. The third-order valence-corrected chi connectivity index (χ3v) is 2.94. The Labute approximate surface area is 125 Å². The summed E-state index contributed by atoms with van der Waals surface area (Å²) in [5, 5.41) is 3.05. The molecule has 1 amide bonds. The summed E-state index contributed by atoms with van der Waals surface area (Å²) in [6, 6.07) is 1.25. The van der Waals surface area contributed by atoms with Crippen LogP contribution in [0.2, 0.25) is 0 Å². The number of hydrogen-bond donors (Lipinski definition) is 3. The second-order valence-electron chi connectivity index (χ2n) is 4.55. The van der Waals surface area contributed by atoms with Gasteiger partial charge < -0.3 is 20.4 Å². The van der Waals surface area contributed by atoms with Gasteiger partial charge in [0.1, 0.15) is 24.3 Å².